The fourth-order valence-electron chi connectivity index (χ4n) is 17.7. The predicted octanol–water partition coefficient (Wildman–Crippen LogP) is 27.7. The quantitative estimate of drug-likeness (QED) is 0.105. The zero-order valence-corrected chi connectivity index (χ0v) is 66.4. The second kappa shape index (κ2) is 26.0. The van der Waals surface area contributed by atoms with Gasteiger partial charge in [-0.05, 0) is 216 Å². The van der Waals surface area contributed by atoms with Crippen molar-refractivity contribution >= 4 is 101 Å². The maximum atomic E-state index is 2.76. The van der Waals surface area contributed by atoms with Crippen LogP contribution in [0.15, 0.2) is 309 Å². The van der Waals surface area contributed by atoms with Gasteiger partial charge in [0.2, 0.25) is 0 Å². The van der Waals surface area contributed by atoms with Crippen molar-refractivity contribution in [2.24, 2.45) is 0 Å². The molecular weight excluding hydrogens is 1330 g/mol. The van der Waals surface area contributed by atoms with Gasteiger partial charge in [0.15, 0.2) is 0 Å². The summed E-state index contributed by atoms with van der Waals surface area (Å²) < 4.78 is 2.57. The smallest absolute Gasteiger partial charge is 0.252 e. The molecule has 0 unspecified atom stereocenters. The number of hydrogen-bond donors (Lipinski definition) is 0. The Balaban J connectivity index is 1.03. The van der Waals surface area contributed by atoms with Crippen LogP contribution < -0.4 is 26.2 Å². The molecule has 1 aromatic heterocycles. The normalized spacial score (nSPS) is 13.2. The van der Waals surface area contributed by atoms with E-state index in [4.69, 9.17) is 0 Å². The van der Waals surface area contributed by atoms with Gasteiger partial charge in [0, 0.05) is 61.5 Å². The number of hydrogen-bond acceptors (Lipinski definition) is 2. The summed E-state index contributed by atoms with van der Waals surface area (Å²) in [7, 11) is 0. The molecule has 0 radical (unpaired) electrons. The van der Waals surface area contributed by atoms with E-state index in [1.54, 1.807) is 0 Å². The lowest BCUT2D eigenvalue weighted by atomic mass is 9.33. The summed E-state index contributed by atoms with van der Waals surface area (Å²) in [5, 5.41) is 7.42. The molecule has 0 atom stereocenters. The SMILES string of the molecule is CC(C)(C)c1cc(-c2ccccc2)c(N2c3cc(-c4c5ccccc5c(-c5ccccc5)c5ccccc45)ccc3B3c4ccc(-n5c6ccc(C(C)(C)C)cc6c6cc(C(C)(C)C)ccc65)cc4N(c4c(-c5ccccc5)cc(C(C)(C)C)cc4-c4ccccc4)c4cc(C(C)(C)C)cc2c43)c(-c2ccccc2)c1. The molecule has 110 heavy (non-hydrogen) atoms. The van der Waals surface area contributed by atoms with Gasteiger partial charge in [-0.3, -0.25) is 0 Å². The highest BCUT2D eigenvalue weighted by Crippen LogP contribution is 2.57. The summed E-state index contributed by atoms with van der Waals surface area (Å²) in [5.41, 5.74) is 33.8. The molecule has 0 spiro atoms. The lowest BCUT2D eigenvalue weighted by Crippen LogP contribution is -2.61. The van der Waals surface area contributed by atoms with Gasteiger partial charge in [-0.15, -0.1) is 0 Å². The zero-order chi connectivity index (χ0) is 76.1. The standard InChI is InChI=1S/C106H96BN3/c1-102(2,3)73-50-55-91-87(58-73)88-59-74(103(4,5)6)51-56-92(88)108(91)78-52-54-90-94(66-78)110(101-85(69-39-25-18-26-40-69)62-76(105(10,11)12)63-86(101)70-41-27-19-28-42-70)96-65-77(106(13,14)15)64-95-99(96)107(90)89-53-49-72(98-81-47-33-31-45-79(81)97(71-43-29-20-30-44-71)80-46-32-34-48-82(80)98)57-93(89)109(95)100-83(67-35-21-16-22-36-67)60-75(104(7,8)9)61-84(100)68-37-23-17-24-38-68/h16-66H,1-15H3. The first-order chi connectivity index (χ1) is 52.8. The van der Waals surface area contributed by atoms with Crippen LogP contribution in [0.25, 0.3) is 116 Å². The molecule has 0 N–H and O–H groups in total. The van der Waals surface area contributed by atoms with E-state index in [-0.39, 0.29) is 33.8 Å². The highest BCUT2D eigenvalue weighted by atomic mass is 15.2. The van der Waals surface area contributed by atoms with Crippen LogP contribution in [0.1, 0.15) is 132 Å². The molecule has 2 aliphatic heterocycles. The van der Waals surface area contributed by atoms with Crippen LogP contribution >= 0.6 is 0 Å². The highest BCUT2D eigenvalue weighted by Gasteiger charge is 2.47. The molecule has 0 saturated heterocycles. The summed E-state index contributed by atoms with van der Waals surface area (Å²) in [6, 6.07) is 119. The Morgan fingerprint density at radius 1 is 0.227 bits per heavy atom. The van der Waals surface area contributed by atoms with Gasteiger partial charge < -0.3 is 14.4 Å². The summed E-state index contributed by atoms with van der Waals surface area (Å²) >= 11 is 0. The molecule has 16 aromatic rings. The van der Waals surface area contributed by atoms with Gasteiger partial charge >= 0.3 is 0 Å². The predicted molar refractivity (Wildman–Crippen MR) is 476 cm³/mol. The minimum atomic E-state index is -0.344. The van der Waals surface area contributed by atoms with Crippen LogP contribution in [0.5, 0.6) is 0 Å². The first kappa shape index (κ1) is 70.0. The van der Waals surface area contributed by atoms with E-state index >= 15 is 0 Å². The maximum Gasteiger partial charge on any atom is 0.252 e. The fourth-order valence-corrected chi connectivity index (χ4v) is 17.7. The topological polar surface area (TPSA) is 11.4 Å². The third-order valence-corrected chi connectivity index (χ3v) is 23.7. The van der Waals surface area contributed by atoms with Gasteiger partial charge in [0.25, 0.3) is 6.71 Å². The molecule has 0 saturated carbocycles. The summed E-state index contributed by atoms with van der Waals surface area (Å²) in [4.78, 5) is 5.52. The number of rotatable bonds is 9. The molecule has 538 valence electrons. The van der Waals surface area contributed by atoms with E-state index in [1.165, 1.54) is 127 Å². The largest absolute Gasteiger partial charge is 0.310 e. The molecule has 18 rings (SSSR count). The van der Waals surface area contributed by atoms with Crippen LogP contribution in [-0.4, -0.2) is 11.3 Å². The van der Waals surface area contributed by atoms with Crippen molar-refractivity contribution in [3.05, 3.63) is 337 Å². The van der Waals surface area contributed by atoms with Gasteiger partial charge in [-0.2, -0.15) is 0 Å². The van der Waals surface area contributed by atoms with E-state index < -0.39 is 0 Å². The molecule has 3 heterocycles. The fraction of sp³-hybridized carbons (Fsp3) is 0.189. The Morgan fingerprint density at radius 2 is 0.536 bits per heavy atom. The maximum absolute atomic E-state index is 2.76. The minimum Gasteiger partial charge on any atom is -0.310 e. The summed E-state index contributed by atoms with van der Waals surface area (Å²) in [5.74, 6) is 0. The monoisotopic (exact) mass is 1420 g/mol. The number of benzene rings is 15. The molecule has 0 fully saturated rings. The molecular formula is C106H96BN3. The second-order valence-electron chi connectivity index (χ2n) is 36.1. The van der Waals surface area contributed by atoms with Gasteiger partial charge in [-0.1, -0.05) is 334 Å². The Hall–Kier alpha value is -11.7. The molecule has 0 bridgehead atoms. The van der Waals surface area contributed by atoms with Gasteiger partial charge in [-0.25, -0.2) is 0 Å². The number of aromatic nitrogens is 1. The second-order valence-corrected chi connectivity index (χ2v) is 36.1. The Labute approximate surface area is 651 Å². The number of nitrogens with zero attached hydrogens (tertiary/aromatic N) is 3. The van der Waals surface area contributed by atoms with Gasteiger partial charge in [0.1, 0.15) is 0 Å². The molecule has 0 aliphatic carbocycles. The van der Waals surface area contributed by atoms with Crippen LogP contribution in [-0.2, 0) is 27.1 Å². The van der Waals surface area contributed by atoms with Crippen LogP contribution in [0.4, 0.5) is 34.1 Å². The number of anilines is 6. The molecule has 15 aromatic carbocycles. The first-order valence-corrected chi connectivity index (χ1v) is 39.5. The molecule has 0 amide bonds. The molecule has 2 aliphatic rings. The third-order valence-electron chi connectivity index (χ3n) is 23.7. The first-order valence-electron chi connectivity index (χ1n) is 39.5. The Bertz CT molecular complexity index is 6080. The lowest BCUT2D eigenvalue weighted by molar-refractivity contribution is 0.590. The van der Waals surface area contributed by atoms with E-state index in [0.29, 0.717) is 0 Å². The van der Waals surface area contributed by atoms with Crippen LogP contribution in [0, 0.1) is 0 Å². The van der Waals surface area contributed by atoms with Crippen LogP contribution in [0.2, 0.25) is 0 Å². The van der Waals surface area contributed by atoms with E-state index in [1.807, 2.05) is 0 Å². The lowest BCUT2D eigenvalue weighted by Gasteiger charge is -2.47. The van der Waals surface area contributed by atoms with Crippen LogP contribution in [0.3, 0.4) is 0 Å². The average molecular weight is 1420 g/mol. The van der Waals surface area contributed by atoms with Crippen molar-refractivity contribution in [2.75, 3.05) is 9.80 Å². The van der Waals surface area contributed by atoms with Crippen molar-refractivity contribution in [1.82, 2.24) is 4.57 Å². The van der Waals surface area contributed by atoms with Gasteiger partial charge in [0.05, 0.1) is 22.4 Å². The van der Waals surface area contributed by atoms with Crippen molar-refractivity contribution in [2.45, 2.75) is 131 Å². The zero-order valence-electron chi connectivity index (χ0n) is 66.4. The number of fused-ring (bicyclic) bond motifs is 9. The average Bonchev–Trinajstić information content (AvgIpc) is 0.720. The molecule has 3 nitrogen and oxygen atoms in total. The Morgan fingerprint density at radius 3 is 0.891 bits per heavy atom. The Kier molecular flexibility index (Phi) is 16.5. The van der Waals surface area contributed by atoms with E-state index in [0.717, 1.165) is 67.6 Å². The van der Waals surface area contributed by atoms with E-state index in [9.17, 15) is 0 Å². The van der Waals surface area contributed by atoms with Crippen molar-refractivity contribution in [3.63, 3.8) is 0 Å². The van der Waals surface area contributed by atoms with Crippen molar-refractivity contribution in [3.8, 4) is 72.4 Å². The minimum absolute atomic E-state index is 0.0620. The van der Waals surface area contributed by atoms with Crippen molar-refractivity contribution in [1.29, 1.82) is 0 Å². The highest BCUT2D eigenvalue weighted by molar-refractivity contribution is 7.00. The van der Waals surface area contributed by atoms with E-state index in [2.05, 4.69) is 428 Å². The molecule has 4 heteroatoms. The van der Waals surface area contributed by atoms with Crippen molar-refractivity contribution < 1.29 is 0 Å². The third kappa shape index (κ3) is 11.8. The summed E-state index contributed by atoms with van der Waals surface area (Å²) in [6.45, 7) is 35.2. The summed E-state index contributed by atoms with van der Waals surface area (Å²) in [6.07, 6.45) is 0.